The van der Waals surface area contributed by atoms with Gasteiger partial charge in [-0.1, -0.05) is 33.6 Å². The third-order valence-corrected chi connectivity index (χ3v) is 4.40. The van der Waals surface area contributed by atoms with Crippen LogP contribution in [-0.2, 0) is 9.53 Å². The number of rotatable bonds is 4. The summed E-state index contributed by atoms with van der Waals surface area (Å²) in [5, 5.41) is 0. The van der Waals surface area contributed by atoms with Gasteiger partial charge in [0, 0.05) is 10.0 Å². The van der Waals surface area contributed by atoms with E-state index in [1.807, 2.05) is 31.2 Å². The number of aryl methyl sites for hydroxylation is 1. The van der Waals surface area contributed by atoms with E-state index in [0.29, 0.717) is 17.4 Å². The molecule has 128 valence electrons. The zero-order chi connectivity index (χ0) is 18.0. The van der Waals surface area contributed by atoms with Crippen molar-refractivity contribution < 1.29 is 19.0 Å². The SMILES string of the molecule is COc1cc(Br)c(C=C2N=C(c3ccc(C)cc3)OC2=O)cc1OC. The van der Waals surface area contributed by atoms with Crippen LogP contribution in [0.25, 0.3) is 6.08 Å². The Morgan fingerprint density at radius 3 is 2.36 bits per heavy atom. The van der Waals surface area contributed by atoms with Gasteiger partial charge in [-0.15, -0.1) is 0 Å². The van der Waals surface area contributed by atoms with Gasteiger partial charge in [-0.2, -0.15) is 0 Å². The van der Waals surface area contributed by atoms with Crippen LogP contribution in [0.3, 0.4) is 0 Å². The first-order valence-electron chi connectivity index (χ1n) is 7.53. The van der Waals surface area contributed by atoms with Crippen molar-refractivity contribution >= 4 is 33.9 Å². The third-order valence-electron chi connectivity index (χ3n) is 3.71. The molecule has 0 saturated carbocycles. The predicted octanol–water partition coefficient (Wildman–Crippen LogP) is 4.12. The highest BCUT2D eigenvalue weighted by Crippen LogP contribution is 2.35. The van der Waals surface area contributed by atoms with Gasteiger partial charge >= 0.3 is 5.97 Å². The second-order valence-electron chi connectivity index (χ2n) is 5.43. The fourth-order valence-electron chi connectivity index (χ4n) is 2.36. The normalized spacial score (nSPS) is 15.1. The Balaban J connectivity index is 1.98. The maximum Gasteiger partial charge on any atom is 0.363 e. The van der Waals surface area contributed by atoms with E-state index in [1.54, 1.807) is 32.4 Å². The number of nitrogens with zero attached hydrogens (tertiary/aromatic N) is 1. The maximum atomic E-state index is 12.1. The fraction of sp³-hybridized carbons (Fsp3) is 0.158. The molecule has 0 aromatic heterocycles. The number of hydrogen-bond acceptors (Lipinski definition) is 5. The molecular formula is C19H16BrNO4. The molecule has 0 fully saturated rings. The fourth-order valence-corrected chi connectivity index (χ4v) is 2.79. The number of benzene rings is 2. The molecule has 0 amide bonds. The van der Waals surface area contributed by atoms with Crippen LogP contribution in [0.15, 0.2) is 51.6 Å². The van der Waals surface area contributed by atoms with Crippen molar-refractivity contribution in [2.45, 2.75) is 6.92 Å². The Hall–Kier alpha value is -2.60. The molecule has 2 aromatic rings. The summed E-state index contributed by atoms with van der Waals surface area (Å²) in [6, 6.07) is 11.2. The Labute approximate surface area is 154 Å². The summed E-state index contributed by atoms with van der Waals surface area (Å²) in [6.07, 6.45) is 1.65. The standard InChI is InChI=1S/C19H16BrNO4/c1-11-4-6-12(7-5-11)18-21-15(19(22)25-18)8-13-9-16(23-2)17(24-3)10-14(13)20/h4-10H,1-3H3. The van der Waals surface area contributed by atoms with Crippen LogP contribution in [0.1, 0.15) is 16.7 Å². The molecule has 0 atom stereocenters. The molecule has 5 nitrogen and oxygen atoms in total. The molecule has 0 radical (unpaired) electrons. The summed E-state index contributed by atoms with van der Waals surface area (Å²) in [4.78, 5) is 16.5. The summed E-state index contributed by atoms with van der Waals surface area (Å²) in [6.45, 7) is 1.99. The smallest absolute Gasteiger partial charge is 0.363 e. The number of methoxy groups -OCH3 is 2. The zero-order valence-corrected chi connectivity index (χ0v) is 15.6. The highest BCUT2D eigenvalue weighted by atomic mass is 79.9. The lowest BCUT2D eigenvalue weighted by molar-refractivity contribution is -0.129. The predicted molar refractivity (Wildman–Crippen MR) is 99.0 cm³/mol. The largest absolute Gasteiger partial charge is 0.493 e. The van der Waals surface area contributed by atoms with E-state index < -0.39 is 5.97 Å². The van der Waals surface area contributed by atoms with Gasteiger partial charge in [0.2, 0.25) is 5.90 Å². The van der Waals surface area contributed by atoms with Crippen molar-refractivity contribution in [2.75, 3.05) is 14.2 Å². The number of ether oxygens (including phenoxy) is 3. The molecule has 0 N–H and O–H groups in total. The summed E-state index contributed by atoms with van der Waals surface area (Å²) in [5.74, 6) is 0.964. The molecule has 3 rings (SSSR count). The second-order valence-corrected chi connectivity index (χ2v) is 6.29. The molecule has 0 unspecified atom stereocenters. The first kappa shape index (κ1) is 17.2. The Bertz CT molecular complexity index is 885. The Kier molecular flexibility index (Phi) is 4.90. The number of aliphatic imine (C=N–C) groups is 1. The van der Waals surface area contributed by atoms with Crippen LogP contribution in [0.5, 0.6) is 11.5 Å². The molecular weight excluding hydrogens is 386 g/mol. The van der Waals surface area contributed by atoms with Gasteiger partial charge in [-0.3, -0.25) is 0 Å². The Morgan fingerprint density at radius 1 is 1.08 bits per heavy atom. The number of hydrogen-bond donors (Lipinski definition) is 0. The Morgan fingerprint density at radius 2 is 1.72 bits per heavy atom. The maximum absolute atomic E-state index is 12.1. The lowest BCUT2D eigenvalue weighted by Crippen LogP contribution is -2.05. The number of cyclic esters (lactones) is 1. The third kappa shape index (κ3) is 3.58. The first-order valence-corrected chi connectivity index (χ1v) is 8.32. The molecule has 0 saturated heterocycles. The summed E-state index contributed by atoms with van der Waals surface area (Å²) in [7, 11) is 3.12. The van der Waals surface area contributed by atoms with E-state index in [1.165, 1.54) is 0 Å². The highest BCUT2D eigenvalue weighted by molar-refractivity contribution is 9.10. The summed E-state index contributed by atoms with van der Waals surface area (Å²) >= 11 is 3.47. The van der Waals surface area contributed by atoms with Gasteiger partial charge in [0.1, 0.15) is 0 Å². The average molecular weight is 402 g/mol. The molecule has 0 bridgehead atoms. The van der Waals surface area contributed by atoms with Crippen LogP contribution in [0.2, 0.25) is 0 Å². The lowest BCUT2D eigenvalue weighted by atomic mass is 10.1. The van der Waals surface area contributed by atoms with Gasteiger partial charge in [0.05, 0.1) is 14.2 Å². The van der Waals surface area contributed by atoms with Crippen molar-refractivity contribution in [2.24, 2.45) is 4.99 Å². The van der Waals surface area contributed by atoms with Crippen LogP contribution >= 0.6 is 15.9 Å². The minimum atomic E-state index is -0.489. The molecule has 2 aromatic carbocycles. The second kappa shape index (κ2) is 7.11. The molecule has 6 heteroatoms. The van der Waals surface area contributed by atoms with Crippen molar-refractivity contribution in [3.63, 3.8) is 0 Å². The molecule has 0 aliphatic carbocycles. The number of carbonyl (C=O) groups is 1. The van der Waals surface area contributed by atoms with E-state index >= 15 is 0 Å². The average Bonchev–Trinajstić information content (AvgIpc) is 2.97. The summed E-state index contributed by atoms with van der Waals surface area (Å²) < 4.78 is 16.6. The van der Waals surface area contributed by atoms with E-state index in [-0.39, 0.29) is 5.70 Å². The van der Waals surface area contributed by atoms with Gasteiger partial charge in [-0.25, -0.2) is 9.79 Å². The van der Waals surface area contributed by atoms with E-state index in [9.17, 15) is 4.79 Å². The molecule has 1 aliphatic rings. The van der Waals surface area contributed by atoms with Crippen LogP contribution in [0.4, 0.5) is 0 Å². The van der Waals surface area contributed by atoms with E-state index in [0.717, 1.165) is 21.2 Å². The zero-order valence-electron chi connectivity index (χ0n) is 14.0. The van der Waals surface area contributed by atoms with Gasteiger partial charge < -0.3 is 14.2 Å². The first-order chi connectivity index (χ1) is 12.0. The topological polar surface area (TPSA) is 57.1 Å². The van der Waals surface area contributed by atoms with Crippen molar-refractivity contribution in [3.8, 4) is 11.5 Å². The number of carbonyl (C=O) groups excluding carboxylic acids is 1. The molecule has 1 aliphatic heterocycles. The number of halogens is 1. The van der Waals surface area contributed by atoms with Crippen LogP contribution < -0.4 is 9.47 Å². The minimum Gasteiger partial charge on any atom is -0.493 e. The minimum absolute atomic E-state index is 0.225. The van der Waals surface area contributed by atoms with Crippen molar-refractivity contribution in [1.29, 1.82) is 0 Å². The van der Waals surface area contributed by atoms with Crippen LogP contribution in [-0.4, -0.2) is 26.1 Å². The van der Waals surface area contributed by atoms with Crippen molar-refractivity contribution in [1.82, 2.24) is 0 Å². The monoisotopic (exact) mass is 401 g/mol. The van der Waals surface area contributed by atoms with Crippen LogP contribution in [0, 0.1) is 6.92 Å². The quantitative estimate of drug-likeness (QED) is 0.571. The van der Waals surface area contributed by atoms with E-state index in [2.05, 4.69) is 20.9 Å². The molecule has 0 spiro atoms. The number of esters is 1. The lowest BCUT2D eigenvalue weighted by Gasteiger charge is -2.09. The molecule has 25 heavy (non-hydrogen) atoms. The highest BCUT2D eigenvalue weighted by Gasteiger charge is 2.24. The van der Waals surface area contributed by atoms with Gasteiger partial charge in [-0.05, 0) is 42.8 Å². The van der Waals surface area contributed by atoms with Crippen molar-refractivity contribution in [3.05, 3.63) is 63.3 Å². The summed E-state index contributed by atoms with van der Waals surface area (Å²) in [5.41, 5.74) is 2.84. The van der Waals surface area contributed by atoms with E-state index in [4.69, 9.17) is 14.2 Å². The molecule has 1 heterocycles. The van der Waals surface area contributed by atoms with Gasteiger partial charge in [0.15, 0.2) is 17.2 Å². The van der Waals surface area contributed by atoms with Gasteiger partial charge in [0.25, 0.3) is 0 Å².